The summed E-state index contributed by atoms with van der Waals surface area (Å²) in [6, 6.07) is 0. The third kappa shape index (κ3) is 1.90. The molecule has 2 rings (SSSR count). The molecular weight excluding hydrogens is 346 g/mol. The maximum Gasteiger partial charge on any atom is 0.314 e. The normalized spacial score (nSPS) is 19.1. The number of fused-ring (bicyclic) bond motifs is 1. The smallest absolute Gasteiger partial charge is 0.314 e. The first-order valence-electron chi connectivity index (χ1n) is 3.61. The first kappa shape index (κ1) is 10.6. The molecule has 0 aromatic carbocycles. The van der Waals surface area contributed by atoms with E-state index in [0.717, 1.165) is 0 Å². The second kappa shape index (κ2) is 3.61. The van der Waals surface area contributed by atoms with Crippen LogP contribution in [0, 0.1) is 0 Å². The molecule has 2 nitrogen and oxygen atoms in total. The standard InChI is InChI=1S/C7H4Br2F2O2S/c8-5-3-4(6(9)14-5)13-2-7(10,11)1-12-3/h1-2H2. The Morgan fingerprint density at radius 3 is 1.93 bits per heavy atom. The van der Waals surface area contributed by atoms with E-state index in [0.29, 0.717) is 19.1 Å². The predicted molar refractivity (Wildman–Crippen MR) is 55.7 cm³/mol. The molecule has 7 heteroatoms. The minimum Gasteiger partial charge on any atom is -0.481 e. The van der Waals surface area contributed by atoms with Gasteiger partial charge in [-0.05, 0) is 31.9 Å². The van der Waals surface area contributed by atoms with E-state index < -0.39 is 19.1 Å². The van der Waals surface area contributed by atoms with Crippen LogP contribution in [0.2, 0.25) is 0 Å². The molecule has 0 fully saturated rings. The van der Waals surface area contributed by atoms with E-state index in [4.69, 9.17) is 9.47 Å². The average molecular weight is 350 g/mol. The molecule has 0 spiro atoms. The fourth-order valence-electron chi connectivity index (χ4n) is 0.992. The van der Waals surface area contributed by atoms with Gasteiger partial charge in [0.15, 0.2) is 24.7 Å². The summed E-state index contributed by atoms with van der Waals surface area (Å²) in [4.78, 5) is 0. The highest BCUT2D eigenvalue weighted by Gasteiger charge is 2.36. The number of thiophene rings is 1. The van der Waals surface area contributed by atoms with Crippen molar-refractivity contribution in [3.05, 3.63) is 7.57 Å². The van der Waals surface area contributed by atoms with Crippen LogP contribution in [0.5, 0.6) is 11.5 Å². The van der Waals surface area contributed by atoms with Gasteiger partial charge in [0.2, 0.25) is 0 Å². The summed E-state index contributed by atoms with van der Waals surface area (Å²) in [7, 11) is 0. The molecule has 1 aliphatic heterocycles. The van der Waals surface area contributed by atoms with E-state index in [-0.39, 0.29) is 0 Å². The monoisotopic (exact) mass is 348 g/mol. The van der Waals surface area contributed by atoms with Gasteiger partial charge < -0.3 is 9.47 Å². The summed E-state index contributed by atoms with van der Waals surface area (Å²) >= 11 is 7.76. The first-order valence-corrected chi connectivity index (χ1v) is 6.01. The van der Waals surface area contributed by atoms with Crippen molar-refractivity contribution >= 4 is 43.2 Å². The minimum atomic E-state index is -2.93. The first-order chi connectivity index (χ1) is 6.49. The van der Waals surface area contributed by atoms with Crippen LogP contribution in [0.1, 0.15) is 0 Å². The Bertz CT molecular complexity index is 336. The summed E-state index contributed by atoms with van der Waals surface area (Å²) in [6.45, 7) is -1.30. The molecule has 0 unspecified atom stereocenters. The third-order valence-electron chi connectivity index (χ3n) is 1.60. The van der Waals surface area contributed by atoms with Gasteiger partial charge in [-0.3, -0.25) is 0 Å². The van der Waals surface area contributed by atoms with Crippen LogP contribution in [0.4, 0.5) is 8.78 Å². The summed E-state index contributed by atoms with van der Waals surface area (Å²) in [6.07, 6.45) is 0. The SMILES string of the molecule is FC1(F)COc2c(Br)sc(Br)c2OC1. The number of hydrogen-bond donors (Lipinski definition) is 0. The van der Waals surface area contributed by atoms with Crippen molar-refractivity contribution in [3.63, 3.8) is 0 Å². The summed E-state index contributed by atoms with van der Waals surface area (Å²) in [5.41, 5.74) is 0. The van der Waals surface area contributed by atoms with Crippen LogP contribution in [0.15, 0.2) is 7.57 Å². The van der Waals surface area contributed by atoms with E-state index in [1.807, 2.05) is 0 Å². The zero-order chi connectivity index (χ0) is 10.3. The lowest BCUT2D eigenvalue weighted by molar-refractivity contribution is -0.0623. The van der Waals surface area contributed by atoms with Crippen molar-refractivity contribution in [2.45, 2.75) is 5.92 Å². The Morgan fingerprint density at radius 2 is 1.50 bits per heavy atom. The maximum absolute atomic E-state index is 12.9. The maximum atomic E-state index is 12.9. The average Bonchev–Trinajstić information content (AvgIpc) is 2.26. The predicted octanol–water partition coefficient (Wildman–Crippen LogP) is 3.68. The number of halogens is 4. The van der Waals surface area contributed by atoms with Gasteiger partial charge in [-0.1, -0.05) is 0 Å². The van der Waals surface area contributed by atoms with Crippen LogP contribution in [0.25, 0.3) is 0 Å². The molecule has 2 heterocycles. The van der Waals surface area contributed by atoms with Gasteiger partial charge in [-0.2, -0.15) is 8.78 Å². The van der Waals surface area contributed by atoms with Crippen LogP contribution in [0.3, 0.4) is 0 Å². The molecule has 0 N–H and O–H groups in total. The Morgan fingerprint density at radius 1 is 1.07 bits per heavy atom. The Kier molecular flexibility index (Phi) is 2.74. The summed E-state index contributed by atoms with van der Waals surface area (Å²) < 4.78 is 37.0. The molecule has 0 aliphatic carbocycles. The molecule has 1 aromatic rings. The molecule has 1 aromatic heterocycles. The lowest BCUT2D eigenvalue weighted by Gasteiger charge is -2.11. The van der Waals surface area contributed by atoms with Crippen molar-refractivity contribution in [2.24, 2.45) is 0 Å². The number of hydrogen-bond acceptors (Lipinski definition) is 3. The molecule has 0 saturated carbocycles. The van der Waals surface area contributed by atoms with Gasteiger partial charge in [0.1, 0.15) is 7.57 Å². The third-order valence-corrected chi connectivity index (χ3v) is 4.02. The molecule has 0 atom stereocenters. The Hall–Kier alpha value is 0.120. The second-order valence-corrected chi connectivity index (χ2v) is 6.40. The molecule has 1 aliphatic rings. The summed E-state index contributed by atoms with van der Waals surface area (Å²) in [5, 5.41) is 0. The van der Waals surface area contributed by atoms with E-state index in [2.05, 4.69) is 31.9 Å². The molecule has 0 amide bonds. The fourth-order valence-corrected chi connectivity index (χ4v) is 3.85. The molecule has 0 saturated heterocycles. The minimum absolute atomic E-state index is 0.346. The molecule has 0 bridgehead atoms. The van der Waals surface area contributed by atoms with Gasteiger partial charge in [0.05, 0.1) is 0 Å². The van der Waals surface area contributed by atoms with Crippen molar-refractivity contribution in [1.82, 2.24) is 0 Å². The van der Waals surface area contributed by atoms with Crippen molar-refractivity contribution < 1.29 is 18.3 Å². The van der Waals surface area contributed by atoms with Crippen molar-refractivity contribution in [1.29, 1.82) is 0 Å². The van der Waals surface area contributed by atoms with Gasteiger partial charge in [0.25, 0.3) is 0 Å². The lowest BCUT2D eigenvalue weighted by atomic mass is 10.4. The largest absolute Gasteiger partial charge is 0.481 e. The zero-order valence-electron chi connectivity index (χ0n) is 6.65. The Balaban J connectivity index is 2.35. The molecule has 14 heavy (non-hydrogen) atoms. The number of rotatable bonds is 0. The van der Waals surface area contributed by atoms with E-state index in [1.54, 1.807) is 0 Å². The van der Waals surface area contributed by atoms with Crippen LogP contribution in [-0.4, -0.2) is 19.1 Å². The van der Waals surface area contributed by atoms with E-state index >= 15 is 0 Å². The van der Waals surface area contributed by atoms with Gasteiger partial charge in [-0.15, -0.1) is 11.3 Å². The molecule has 78 valence electrons. The van der Waals surface area contributed by atoms with E-state index in [9.17, 15) is 8.78 Å². The van der Waals surface area contributed by atoms with Gasteiger partial charge in [0, 0.05) is 0 Å². The second-order valence-electron chi connectivity index (χ2n) is 2.74. The van der Waals surface area contributed by atoms with Gasteiger partial charge in [-0.25, -0.2) is 0 Å². The number of ether oxygens (including phenoxy) is 2. The topological polar surface area (TPSA) is 18.5 Å². The van der Waals surface area contributed by atoms with Crippen molar-refractivity contribution in [2.75, 3.05) is 13.2 Å². The molecule has 0 radical (unpaired) electrons. The highest BCUT2D eigenvalue weighted by molar-refractivity contribution is 9.12. The zero-order valence-corrected chi connectivity index (χ0v) is 10.6. The van der Waals surface area contributed by atoms with Crippen LogP contribution >= 0.6 is 43.2 Å². The highest BCUT2D eigenvalue weighted by Crippen LogP contribution is 2.50. The van der Waals surface area contributed by atoms with Crippen molar-refractivity contribution in [3.8, 4) is 11.5 Å². The van der Waals surface area contributed by atoms with Gasteiger partial charge >= 0.3 is 5.92 Å². The number of alkyl halides is 2. The molecular formula is C7H4Br2F2O2S. The highest BCUT2D eigenvalue weighted by atomic mass is 79.9. The summed E-state index contributed by atoms with van der Waals surface area (Å²) in [5.74, 6) is -2.24. The lowest BCUT2D eigenvalue weighted by Crippen LogP contribution is -2.30. The van der Waals surface area contributed by atoms with Crippen LogP contribution in [-0.2, 0) is 0 Å². The quantitative estimate of drug-likeness (QED) is 0.711. The Labute approximate surface area is 99.5 Å². The van der Waals surface area contributed by atoms with E-state index in [1.165, 1.54) is 11.3 Å². The van der Waals surface area contributed by atoms with Crippen LogP contribution < -0.4 is 9.47 Å². The fraction of sp³-hybridized carbons (Fsp3) is 0.429.